The molecule has 0 aromatic carbocycles. The molecule has 0 saturated carbocycles. The van der Waals surface area contributed by atoms with Gasteiger partial charge in [-0.2, -0.15) is 0 Å². The zero-order valence-electron chi connectivity index (χ0n) is 76.5. The van der Waals surface area contributed by atoms with Crippen LogP contribution in [0.25, 0.3) is 0 Å². The van der Waals surface area contributed by atoms with Crippen molar-refractivity contribution in [3.05, 3.63) is 0 Å². The van der Waals surface area contributed by atoms with Crippen molar-refractivity contribution in [3.63, 3.8) is 0 Å². The Morgan fingerprint density at radius 1 is 0.224 bits per heavy atom. The lowest BCUT2D eigenvalue weighted by Gasteiger charge is -2.26. The second-order valence-corrected chi connectivity index (χ2v) is 33.2. The number of hydrogen-bond acceptors (Lipinski definition) is 18. The smallest absolute Gasteiger partial charge is 0.0596 e. The molecule has 0 bridgehead atoms. The van der Waals surface area contributed by atoms with Gasteiger partial charge in [0, 0.05) is 72.1 Å². The van der Waals surface area contributed by atoms with Gasteiger partial charge >= 0.3 is 0 Å². The molecule has 0 spiro atoms. The van der Waals surface area contributed by atoms with Crippen LogP contribution in [-0.2, 0) is 47.4 Å². The predicted octanol–water partition coefficient (Wildman–Crippen LogP) is 17.6. The van der Waals surface area contributed by atoms with Crippen molar-refractivity contribution >= 4 is 0 Å². The van der Waals surface area contributed by atoms with Crippen LogP contribution < -0.4 is 0 Å². The van der Waals surface area contributed by atoms with Crippen LogP contribution in [-0.4, -0.2) is 324 Å². The lowest BCUT2D eigenvalue weighted by molar-refractivity contribution is 0.00964. The number of rotatable bonds is 37. The maximum Gasteiger partial charge on any atom is 0.0596 e. The lowest BCUT2D eigenvalue weighted by Crippen LogP contribution is -2.38. The highest BCUT2D eigenvalue weighted by Gasteiger charge is 2.16. The highest BCUT2D eigenvalue weighted by Crippen LogP contribution is 2.13. The number of likely N-dealkylation sites (N-methyl/N-ethyl adjacent to an activating group) is 1. The fourth-order valence-corrected chi connectivity index (χ4v) is 12.1. The van der Waals surface area contributed by atoms with Crippen LogP contribution in [0.5, 0.6) is 0 Å². The molecule has 0 N–H and O–H groups in total. The molecule has 18 heteroatoms. The molecule has 7 rings (SSSR count). The minimum atomic E-state index is 0.353. The van der Waals surface area contributed by atoms with E-state index in [1.807, 2.05) is 20.8 Å². The third-order valence-corrected chi connectivity index (χ3v) is 19.4. The van der Waals surface area contributed by atoms with Crippen molar-refractivity contribution in [1.82, 2.24) is 39.2 Å². The van der Waals surface area contributed by atoms with Gasteiger partial charge in [-0.1, -0.05) is 80.1 Å². The highest BCUT2D eigenvalue weighted by molar-refractivity contribution is 4.69. The van der Waals surface area contributed by atoms with E-state index in [0.29, 0.717) is 54.9 Å². The van der Waals surface area contributed by atoms with Crippen LogP contribution in [0.2, 0.25) is 0 Å². The van der Waals surface area contributed by atoms with E-state index in [1.165, 1.54) is 194 Å². The molecule has 648 valence electrons. The maximum atomic E-state index is 5.50. The van der Waals surface area contributed by atoms with E-state index in [1.54, 1.807) is 0 Å². The summed E-state index contributed by atoms with van der Waals surface area (Å²) >= 11 is 0. The van der Waals surface area contributed by atoms with E-state index in [-0.39, 0.29) is 0 Å². The molecule has 0 atom stereocenters. The van der Waals surface area contributed by atoms with Crippen molar-refractivity contribution in [2.24, 2.45) is 11.8 Å². The van der Waals surface area contributed by atoms with E-state index in [0.717, 1.165) is 163 Å². The molecule has 107 heavy (non-hydrogen) atoms. The number of ether oxygens (including phenoxy) is 10. The van der Waals surface area contributed by atoms with Gasteiger partial charge in [-0.3, -0.25) is 4.90 Å². The average Bonchev–Trinajstić information content (AvgIpc) is 1.04. The third-order valence-electron chi connectivity index (χ3n) is 19.4. The maximum absolute atomic E-state index is 5.50. The Morgan fingerprint density at radius 3 is 0.533 bits per heavy atom. The zero-order valence-corrected chi connectivity index (χ0v) is 76.5. The molecule has 0 aromatic heterocycles. The normalized spacial score (nSPS) is 18.3. The molecule has 0 aromatic rings. The second-order valence-electron chi connectivity index (χ2n) is 33.2. The van der Waals surface area contributed by atoms with E-state index < -0.39 is 0 Å². The van der Waals surface area contributed by atoms with Gasteiger partial charge in [0.05, 0.1) is 121 Å². The summed E-state index contributed by atoms with van der Waals surface area (Å²) in [6, 6.07) is 0. The molecule has 18 nitrogen and oxygen atoms in total. The van der Waals surface area contributed by atoms with Crippen molar-refractivity contribution in [1.29, 1.82) is 0 Å². The summed E-state index contributed by atoms with van der Waals surface area (Å²) in [4.78, 5) is 19.8. The van der Waals surface area contributed by atoms with E-state index >= 15 is 0 Å². The molecule has 0 radical (unpaired) electrons. The van der Waals surface area contributed by atoms with Crippen molar-refractivity contribution in [3.8, 4) is 0 Å². The molecule has 7 aliphatic rings. The SMILES string of the molecule is CC(C)C(C)C.CC(C)OCCN1CCCCC1.CC(C)OCCN1CCCCC1.CC(C)OCCN1CCCCC1.CC(C)OCCN1CCCCC1.CC(C)OCCN1CCCCC1.CC(C)OCCN1CCCCC1.CC(C)OCCN1CCOCC1.CCN(CC)CCOC(C)C.CCOC(C)C. The van der Waals surface area contributed by atoms with Crippen molar-refractivity contribution in [2.45, 2.75) is 344 Å². The van der Waals surface area contributed by atoms with Gasteiger partial charge in [0.1, 0.15) is 0 Å². The summed E-state index contributed by atoms with van der Waals surface area (Å²) in [6.45, 7) is 91.0. The van der Waals surface area contributed by atoms with Crippen molar-refractivity contribution in [2.75, 3.05) is 230 Å². The second kappa shape index (κ2) is 80.5. The Labute approximate surface area is 668 Å². The number of piperidine rings is 6. The van der Waals surface area contributed by atoms with Gasteiger partial charge in [0.15, 0.2) is 0 Å². The first-order valence-corrected chi connectivity index (χ1v) is 45.0. The van der Waals surface area contributed by atoms with Gasteiger partial charge < -0.3 is 81.7 Å². The quantitative estimate of drug-likeness (QED) is 0.0586. The molecule has 7 saturated heterocycles. The summed E-state index contributed by atoms with van der Waals surface area (Å²) in [5, 5.41) is 0. The molecule has 7 aliphatic heterocycles. The van der Waals surface area contributed by atoms with E-state index in [4.69, 9.17) is 47.4 Å². The molecule has 7 heterocycles. The van der Waals surface area contributed by atoms with Gasteiger partial charge in [-0.15, -0.1) is 0 Å². The van der Waals surface area contributed by atoms with Crippen LogP contribution in [0.3, 0.4) is 0 Å². The third kappa shape index (κ3) is 86.0. The first kappa shape index (κ1) is 110. The average molecular weight is 1530 g/mol. The summed E-state index contributed by atoms with van der Waals surface area (Å²) in [5.74, 6) is 1.70. The van der Waals surface area contributed by atoms with Crippen molar-refractivity contribution < 1.29 is 47.4 Å². The van der Waals surface area contributed by atoms with Gasteiger partial charge in [-0.05, 0) is 312 Å². The summed E-state index contributed by atoms with van der Waals surface area (Å²) < 4.78 is 54.2. The van der Waals surface area contributed by atoms with Crippen LogP contribution in [0.1, 0.15) is 289 Å². The number of nitrogens with zero attached hydrogens (tertiary/aromatic N) is 8. The van der Waals surface area contributed by atoms with Gasteiger partial charge in [-0.25, -0.2) is 0 Å². The lowest BCUT2D eigenvalue weighted by atomic mass is 10.0. The molecule has 0 amide bonds. The summed E-state index contributed by atoms with van der Waals surface area (Å²) in [7, 11) is 0. The van der Waals surface area contributed by atoms with Gasteiger partial charge in [0.25, 0.3) is 0 Å². The Hall–Kier alpha value is -0.720. The van der Waals surface area contributed by atoms with E-state index in [2.05, 4.69) is 192 Å². The molecular formula is C89H192N8O10. The topological polar surface area (TPSA) is 118 Å². The molecule has 0 unspecified atom stereocenters. The minimum absolute atomic E-state index is 0.353. The zero-order chi connectivity index (χ0) is 80.5. The Balaban J connectivity index is -0.00000113. The first-order valence-electron chi connectivity index (χ1n) is 45.0. The number of hydrogen-bond donors (Lipinski definition) is 0. The monoisotopic (exact) mass is 1530 g/mol. The minimum Gasteiger partial charge on any atom is -0.379 e. The predicted molar refractivity (Wildman–Crippen MR) is 462 cm³/mol. The van der Waals surface area contributed by atoms with Crippen LogP contribution >= 0.6 is 0 Å². The summed E-state index contributed by atoms with van der Waals surface area (Å²) in [6.07, 6.45) is 28.5. The molecule has 7 fully saturated rings. The standard InChI is InChI=1S/6C10H21NO.C9H19NO2.C9H21NO.C6H14.C5H12O/c6*1-10(2)12-9-8-11-6-4-3-5-7-11;1-9(2)12-8-5-10-3-6-11-7-4-10;1-5-10(6-2)7-8-11-9(3)4;1-5(2)6(3)4;1-4-6-5(2)3/h6*10H,3-9H2,1-2H3;9H,3-8H2,1-2H3;9H,5-8H2,1-4H3;5-6H,1-4H3;5H,4H2,1-3H3. The Kier molecular flexibility index (Phi) is 83.1. The molecule has 0 aliphatic carbocycles. The van der Waals surface area contributed by atoms with Gasteiger partial charge in [0.2, 0.25) is 0 Å². The Morgan fingerprint density at radius 2 is 0.393 bits per heavy atom. The fourth-order valence-electron chi connectivity index (χ4n) is 12.1. The summed E-state index contributed by atoms with van der Waals surface area (Å²) in [5.41, 5.74) is 0. The van der Waals surface area contributed by atoms with Crippen LogP contribution in [0, 0.1) is 11.8 Å². The Bertz CT molecular complexity index is 1400. The first-order chi connectivity index (χ1) is 51.1. The molecular weight excluding hydrogens is 1340 g/mol. The number of morpholine rings is 1. The van der Waals surface area contributed by atoms with Crippen LogP contribution in [0.4, 0.5) is 0 Å². The fraction of sp³-hybridized carbons (Fsp3) is 1.00. The highest BCUT2D eigenvalue weighted by atomic mass is 16.5. The van der Waals surface area contributed by atoms with E-state index in [9.17, 15) is 0 Å². The largest absolute Gasteiger partial charge is 0.379 e. The number of likely N-dealkylation sites (tertiary alicyclic amines) is 6. The van der Waals surface area contributed by atoms with Crippen LogP contribution in [0.15, 0.2) is 0 Å².